The van der Waals surface area contributed by atoms with Crippen molar-refractivity contribution in [2.45, 2.75) is 63.1 Å². The fraction of sp³-hybridized carbons (Fsp3) is 0.370. The lowest BCUT2D eigenvalue weighted by Crippen LogP contribution is -2.64. The van der Waals surface area contributed by atoms with Crippen LogP contribution in [0, 0.1) is 0 Å². The van der Waals surface area contributed by atoms with E-state index in [2.05, 4.69) is 58.0 Å². The van der Waals surface area contributed by atoms with Crippen LogP contribution in [0.3, 0.4) is 0 Å². The first-order chi connectivity index (χ1) is 14.3. The Morgan fingerprint density at radius 2 is 1.52 bits per heavy atom. The van der Waals surface area contributed by atoms with Gasteiger partial charge in [0.1, 0.15) is 0 Å². The van der Waals surface area contributed by atoms with Gasteiger partial charge in [-0.2, -0.15) is 4.58 Å². The number of benzene rings is 2. The first kappa shape index (κ1) is 15.3. The van der Waals surface area contributed by atoms with Gasteiger partial charge in [-0.05, 0) is 52.3 Å². The van der Waals surface area contributed by atoms with E-state index < -0.39 is 0 Å². The van der Waals surface area contributed by atoms with Crippen molar-refractivity contribution in [1.82, 2.24) is 4.90 Å². The molecule has 29 heavy (non-hydrogen) atoms. The van der Waals surface area contributed by atoms with Crippen LogP contribution < -0.4 is 0 Å². The summed E-state index contributed by atoms with van der Waals surface area (Å²) in [6.07, 6.45) is 14.4. The van der Waals surface area contributed by atoms with Crippen LogP contribution in [-0.2, 0) is 32.1 Å². The van der Waals surface area contributed by atoms with Crippen molar-refractivity contribution < 1.29 is 4.58 Å². The maximum absolute atomic E-state index is 2.91. The Morgan fingerprint density at radius 1 is 0.828 bits per heavy atom. The van der Waals surface area contributed by atoms with Crippen LogP contribution in [0.2, 0.25) is 0 Å². The lowest BCUT2D eigenvalue weighted by Gasteiger charge is -2.47. The molecule has 2 heteroatoms. The molecule has 2 aromatic carbocycles. The molecule has 142 valence electrons. The molecule has 1 fully saturated rings. The maximum atomic E-state index is 2.91. The fourth-order valence-electron chi connectivity index (χ4n) is 7.58. The van der Waals surface area contributed by atoms with Gasteiger partial charge in [0.15, 0.2) is 11.4 Å². The third-order valence-electron chi connectivity index (χ3n) is 8.59. The van der Waals surface area contributed by atoms with Crippen LogP contribution in [0.1, 0.15) is 52.6 Å². The van der Waals surface area contributed by atoms with E-state index in [1.807, 2.05) is 0 Å². The topological polar surface area (TPSA) is 6.25 Å². The van der Waals surface area contributed by atoms with Gasteiger partial charge in [-0.1, -0.05) is 42.5 Å². The summed E-state index contributed by atoms with van der Waals surface area (Å²) in [5.41, 5.74) is 14.5. The van der Waals surface area contributed by atoms with Crippen molar-refractivity contribution >= 4 is 5.71 Å². The SMILES string of the molecule is C1=C2Cc3cccc4c3C[C@@]35Cc6c(cccc6C4)CC4=[N+]3C(=CC4)CC(C1)N25. The molecule has 0 saturated carbocycles. The second-order valence-corrected chi connectivity index (χ2v) is 9.94. The van der Waals surface area contributed by atoms with Gasteiger partial charge in [0.25, 0.3) is 5.66 Å². The standard InChI is InChI=1S/C27H25N2/c1-3-17-11-18-4-2-6-20-13-22-8-10-24-14-23-9-7-21-12-19(5-1)25(17)15-27(28(21)23,29(22)24)16-26(18)20/h1-7,10,23H,8-9,11-16H2/q+1/t23?,27-/m0/s1. The second kappa shape index (κ2) is 4.92. The zero-order valence-corrected chi connectivity index (χ0v) is 16.7. The molecule has 0 amide bonds. The Hall–Kier alpha value is -2.61. The summed E-state index contributed by atoms with van der Waals surface area (Å²) in [6, 6.07) is 14.9. The highest BCUT2D eigenvalue weighted by Crippen LogP contribution is 2.51. The molecule has 5 heterocycles. The van der Waals surface area contributed by atoms with Crippen LogP contribution in [0.5, 0.6) is 0 Å². The molecule has 6 aliphatic rings. The zero-order chi connectivity index (χ0) is 18.7. The quantitative estimate of drug-likeness (QED) is 0.621. The Morgan fingerprint density at radius 3 is 2.28 bits per heavy atom. The van der Waals surface area contributed by atoms with Crippen LogP contribution >= 0.6 is 0 Å². The van der Waals surface area contributed by atoms with E-state index in [0.29, 0.717) is 6.04 Å². The third kappa shape index (κ3) is 1.74. The summed E-state index contributed by atoms with van der Waals surface area (Å²) < 4.78 is 2.85. The van der Waals surface area contributed by atoms with Gasteiger partial charge < -0.3 is 4.90 Å². The molecule has 0 aromatic heterocycles. The second-order valence-electron chi connectivity index (χ2n) is 9.94. The summed E-state index contributed by atoms with van der Waals surface area (Å²) in [6.45, 7) is 0. The van der Waals surface area contributed by atoms with Crippen molar-refractivity contribution in [1.29, 1.82) is 0 Å². The van der Waals surface area contributed by atoms with E-state index in [4.69, 9.17) is 0 Å². The van der Waals surface area contributed by atoms with Gasteiger partial charge in [0, 0.05) is 18.2 Å². The summed E-state index contributed by atoms with van der Waals surface area (Å²) >= 11 is 0. The van der Waals surface area contributed by atoms with Crippen molar-refractivity contribution in [3.05, 3.63) is 93.3 Å². The molecular weight excluding hydrogens is 352 g/mol. The molecular formula is C27H25N2+. The van der Waals surface area contributed by atoms with Gasteiger partial charge in [-0.3, -0.25) is 0 Å². The highest BCUT2D eigenvalue weighted by atomic mass is 15.4. The molecule has 0 radical (unpaired) electrons. The molecule has 1 saturated heterocycles. The van der Waals surface area contributed by atoms with Gasteiger partial charge in [0.2, 0.25) is 0 Å². The lowest BCUT2D eigenvalue weighted by molar-refractivity contribution is -0.608. The van der Waals surface area contributed by atoms with Crippen LogP contribution in [0.15, 0.2) is 59.9 Å². The molecule has 1 unspecified atom stereocenters. The van der Waals surface area contributed by atoms with E-state index in [9.17, 15) is 0 Å². The molecule has 1 aliphatic carbocycles. The van der Waals surface area contributed by atoms with Crippen molar-refractivity contribution in [3.63, 3.8) is 0 Å². The van der Waals surface area contributed by atoms with Gasteiger partial charge >= 0.3 is 0 Å². The smallest absolute Gasteiger partial charge is 0.251 e. The average Bonchev–Trinajstić information content (AvgIpc) is 3.21. The van der Waals surface area contributed by atoms with Crippen molar-refractivity contribution in [2.24, 2.45) is 0 Å². The van der Waals surface area contributed by atoms with E-state index >= 15 is 0 Å². The largest absolute Gasteiger partial charge is 0.311 e. The summed E-state index contributed by atoms with van der Waals surface area (Å²) in [5.74, 6) is 0. The van der Waals surface area contributed by atoms with Crippen LogP contribution in [0.4, 0.5) is 0 Å². The molecule has 1 spiro atoms. The predicted molar refractivity (Wildman–Crippen MR) is 114 cm³/mol. The predicted octanol–water partition coefficient (Wildman–Crippen LogP) is 4.29. The van der Waals surface area contributed by atoms with Gasteiger partial charge in [-0.25, -0.2) is 0 Å². The highest BCUT2D eigenvalue weighted by molar-refractivity contribution is 5.86. The van der Waals surface area contributed by atoms with Crippen molar-refractivity contribution in [3.8, 4) is 0 Å². The lowest BCUT2D eigenvalue weighted by atomic mass is 9.78. The molecule has 3 bridgehead atoms. The Labute approximate surface area is 171 Å². The van der Waals surface area contributed by atoms with E-state index in [1.54, 1.807) is 50.5 Å². The minimum atomic E-state index is 0.0616. The molecule has 8 rings (SSSR count). The molecule has 5 aliphatic heterocycles. The number of allylic oxidation sites excluding steroid dienone is 2. The van der Waals surface area contributed by atoms with Gasteiger partial charge in [-0.15, -0.1) is 0 Å². The Balaban J connectivity index is 1.54. The first-order valence-electron chi connectivity index (χ1n) is 11.3. The van der Waals surface area contributed by atoms with Crippen molar-refractivity contribution in [2.75, 3.05) is 0 Å². The highest BCUT2D eigenvalue weighted by Gasteiger charge is 2.61. The van der Waals surface area contributed by atoms with Crippen LogP contribution in [0.25, 0.3) is 0 Å². The first-order valence-corrected chi connectivity index (χ1v) is 11.3. The molecule has 2 aromatic rings. The zero-order valence-electron chi connectivity index (χ0n) is 16.7. The molecule has 2 atom stereocenters. The fourth-order valence-corrected chi connectivity index (χ4v) is 7.58. The Kier molecular flexibility index (Phi) is 2.59. The number of rotatable bonds is 0. The monoisotopic (exact) mass is 377 g/mol. The van der Waals surface area contributed by atoms with Crippen LogP contribution in [-0.4, -0.2) is 26.9 Å². The molecule has 0 N–H and O–H groups in total. The average molecular weight is 378 g/mol. The van der Waals surface area contributed by atoms with Gasteiger partial charge in [0.05, 0.1) is 32.1 Å². The summed E-state index contributed by atoms with van der Waals surface area (Å²) in [7, 11) is 0. The Bertz CT molecular complexity index is 1230. The number of hydrogen-bond acceptors (Lipinski definition) is 1. The minimum Gasteiger partial charge on any atom is -0.311 e. The summed E-state index contributed by atoms with van der Waals surface area (Å²) in [5, 5.41) is 0. The maximum Gasteiger partial charge on any atom is 0.251 e. The number of hydrogen-bond donors (Lipinski definition) is 0. The van der Waals surface area contributed by atoms with E-state index in [0.717, 1.165) is 25.7 Å². The summed E-state index contributed by atoms with van der Waals surface area (Å²) in [4.78, 5) is 2.91. The van der Waals surface area contributed by atoms with E-state index in [1.165, 1.54) is 25.7 Å². The molecule has 2 nitrogen and oxygen atoms in total. The third-order valence-corrected chi connectivity index (χ3v) is 8.59. The normalized spacial score (nSPS) is 29.7. The van der Waals surface area contributed by atoms with E-state index in [-0.39, 0.29) is 5.66 Å². The number of nitrogens with zero attached hydrogens (tertiary/aromatic N) is 2. The minimum absolute atomic E-state index is 0.0616.